The predicted molar refractivity (Wildman–Crippen MR) is 48.4 cm³/mol. The van der Waals surface area contributed by atoms with Gasteiger partial charge in [-0.15, -0.1) is 5.10 Å². The van der Waals surface area contributed by atoms with E-state index in [0.29, 0.717) is 0 Å². The molecule has 0 aromatic carbocycles. The van der Waals surface area contributed by atoms with Gasteiger partial charge < -0.3 is 10.2 Å². The van der Waals surface area contributed by atoms with E-state index in [1.54, 1.807) is 0 Å². The van der Waals surface area contributed by atoms with E-state index in [0.717, 1.165) is 12.2 Å². The smallest absolute Gasteiger partial charge is 0.220 e. The molecule has 8 nitrogen and oxygen atoms in total. The van der Waals surface area contributed by atoms with Gasteiger partial charge in [-0.05, 0) is 22.6 Å². The molecule has 1 unspecified atom stereocenters. The number of aliphatic hydroxyl groups excluding tert-OH is 2. The first-order chi connectivity index (χ1) is 7.61. The minimum atomic E-state index is -1.49. The first-order valence-corrected chi connectivity index (χ1v) is 4.23. The van der Waals surface area contributed by atoms with Gasteiger partial charge in [0.25, 0.3) is 0 Å². The molecule has 8 heteroatoms. The fourth-order valence-corrected chi connectivity index (χ4v) is 1.28. The molecule has 0 fully saturated rings. The molecule has 1 aromatic rings. The van der Waals surface area contributed by atoms with Crippen LogP contribution in [0.5, 0.6) is 0 Å². The van der Waals surface area contributed by atoms with Gasteiger partial charge in [-0.3, -0.25) is 9.59 Å². The van der Waals surface area contributed by atoms with Gasteiger partial charge in [0.1, 0.15) is 11.7 Å². The summed E-state index contributed by atoms with van der Waals surface area (Å²) in [7, 11) is 0. The quantitative estimate of drug-likeness (QED) is 0.452. The molecule has 16 heavy (non-hydrogen) atoms. The molecule has 0 radical (unpaired) electrons. The zero-order valence-electron chi connectivity index (χ0n) is 7.78. The number of tetrazole rings is 1. The average Bonchev–Trinajstić information content (AvgIpc) is 2.77. The number of ketones is 2. The second-order valence-corrected chi connectivity index (χ2v) is 3.05. The number of H-pyrrole nitrogens is 1. The van der Waals surface area contributed by atoms with E-state index in [4.69, 9.17) is 5.11 Å². The van der Waals surface area contributed by atoms with Gasteiger partial charge in [-0.1, -0.05) is 0 Å². The number of aromatic amines is 1. The van der Waals surface area contributed by atoms with Crippen molar-refractivity contribution in [3.05, 3.63) is 29.5 Å². The molecule has 0 bridgehead atoms. The second kappa shape index (κ2) is 3.57. The van der Waals surface area contributed by atoms with Crippen LogP contribution >= 0.6 is 0 Å². The molecule has 1 aliphatic rings. The molecule has 82 valence electrons. The Labute approximate surface area is 88.3 Å². The van der Waals surface area contributed by atoms with E-state index in [-0.39, 0.29) is 5.82 Å². The number of nitrogens with one attached hydrogen (secondary N) is 1. The zero-order valence-corrected chi connectivity index (χ0v) is 7.78. The maximum Gasteiger partial charge on any atom is 0.220 e. The summed E-state index contributed by atoms with van der Waals surface area (Å²) >= 11 is 0. The van der Waals surface area contributed by atoms with Crippen LogP contribution in [-0.2, 0) is 4.79 Å². The Hall–Kier alpha value is -2.51. The van der Waals surface area contributed by atoms with Gasteiger partial charge in [0, 0.05) is 0 Å². The third-order valence-electron chi connectivity index (χ3n) is 2.06. The van der Waals surface area contributed by atoms with Crippen molar-refractivity contribution in [2.24, 2.45) is 5.92 Å². The standard InChI is InChI=1S/C8H6N4O4/c13-3-1-2-4(14)6(15)5(3)7(16)8-9-11-12-10-8/h1-2,5,13-14H,(H,9,10,11,12). The van der Waals surface area contributed by atoms with Crippen molar-refractivity contribution in [1.29, 1.82) is 0 Å². The number of hydrogen-bond acceptors (Lipinski definition) is 7. The topological polar surface area (TPSA) is 129 Å². The first kappa shape index (κ1) is 10.0. The van der Waals surface area contributed by atoms with Crippen molar-refractivity contribution in [3.8, 4) is 0 Å². The van der Waals surface area contributed by atoms with Crippen LogP contribution in [-0.4, -0.2) is 42.4 Å². The van der Waals surface area contributed by atoms with Crippen LogP contribution in [0.25, 0.3) is 0 Å². The third-order valence-corrected chi connectivity index (χ3v) is 2.06. The lowest BCUT2D eigenvalue weighted by Gasteiger charge is -2.14. The lowest BCUT2D eigenvalue weighted by atomic mass is 9.91. The monoisotopic (exact) mass is 222 g/mol. The van der Waals surface area contributed by atoms with Gasteiger partial charge >= 0.3 is 0 Å². The van der Waals surface area contributed by atoms with Gasteiger partial charge in [0.2, 0.25) is 17.4 Å². The summed E-state index contributed by atoms with van der Waals surface area (Å²) in [6.45, 7) is 0. The maximum atomic E-state index is 11.7. The van der Waals surface area contributed by atoms with Crippen molar-refractivity contribution >= 4 is 11.6 Å². The van der Waals surface area contributed by atoms with Crippen molar-refractivity contribution in [2.75, 3.05) is 0 Å². The van der Waals surface area contributed by atoms with Crippen molar-refractivity contribution in [1.82, 2.24) is 20.6 Å². The molecule has 1 aromatic heterocycles. The first-order valence-electron chi connectivity index (χ1n) is 4.23. The third kappa shape index (κ3) is 1.45. The number of hydrogen-bond donors (Lipinski definition) is 3. The lowest BCUT2D eigenvalue weighted by Crippen LogP contribution is -2.30. The molecule has 0 spiro atoms. The molecular weight excluding hydrogens is 216 g/mol. The summed E-state index contributed by atoms with van der Waals surface area (Å²) in [6, 6.07) is 0. The van der Waals surface area contributed by atoms with Gasteiger partial charge in [0.15, 0.2) is 5.76 Å². The minimum Gasteiger partial charge on any atom is -0.511 e. The number of aromatic nitrogens is 4. The molecule has 0 amide bonds. The van der Waals surface area contributed by atoms with E-state index < -0.39 is 29.0 Å². The number of carbonyl (C=O) groups is 2. The number of rotatable bonds is 2. The van der Waals surface area contributed by atoms with E-state index in [9.17, 15) is 14.7 Å². The van der Waals surface area contributed by atoms with Gasteiger partial charge in [0.05, 0.1) is 0 Å². The van der Waals surface area contributed by atoms with Crippen LogP contribution in [0.4, 0.5) is 0 Å². The number of Topliss-reactive ketones (excluding diaryl/α,β-unsaturated/α-hetero) is 2. The van der Waals surface area contributed by atoms with Gasteiger partial charge in [-0.2, -0.15) is 0 Å². The largest absolute Gasteiger partial charge is 0.511 e. The molecule has 1 aliphatic carbocycles. The fraction of sp³-hybridized carbons (Fsp3) is 0.125. The molecule has 3 N–H and O–H groups in total. The molecule has 2 rings (SSSR count). The Kier molecular flexibility index (Phi) is 2.24. The second-order valence-electron chi connectivity index (χ2n) is 3.05. The zero-order chi connectivity index (χ0) is 11.7. The van der Waals surface area contributed by atoms with Gasteiger partial charge in [-0.25, -0.2) is 5.10 Å². The number of carbonyl (C=O) groups excluding carboxylic acids is 2. The minimum absolute atomic E-state index is 0.256. The maximum absolute atomic E-state index is 11.7. The van der Waals surface area contributed by atoms with Crippen LogP contribution < -0.4 is 0 Å². The van der Waals surface area contributed by atoms with Crippen LogP contribution in [0.3, 0.4) is 0 Å². The highest BCUT2D eigenvalue weighted by molar-refractivity contribution is 6.16. The highest BCUT2D eigenvalue weighted by Gasteiger charge is 2.37. The number of nitrogens with zero attached hydrogens (tertiary/aromatic N) is 3. The Morgan fingerprint density at radius 3 is 2.75 bits per heavy atom. The van der Waals surface area contributed by atoms with Crippen molar-refractivity contribution in [3.63, 3.8) is 0 Å². The Bertz CT molecular complexity index is 500. The highest BCUT2D eigenvalue weighted by atomic mass is 16.3. The van der Waals surface area contributed by atoms with E-state index in [2.05, 4.69) is 20.6 Å². The summed E-state index contributed by atoms with van der Waals surface area (Å²) in [5.41, 5.74) is 0. The summed E-state index contributed by atoms with van der Waals surface area (Å²) in [5.74, 6) is -4.48. The summed E-state index contributed by atoms with van der Waals surface area (Å²) < 4.78 is 0. The lowest BCUT2D eigenvalue weighted by molar-refractivity contribution is -0.120. The molecule has 1 atom stereocenters. The van der Waals surface area contributed by atoms with Crippen LogP contribution in [0.2, 0.25) is 0 Å². The Morgan fingerprint density at radius 1 is 1.38 bits per heavy atom. The molecule has 0 saturated heterocycles. The fourth-order valence-electron chi connectivity index (χ4n) is 1.28. The Balaban J connectivity index is 2.35. The predicted octanol–water partition coefficient (Wildman–Crippen LogP) is -0.535. The number of allylic oxidation sites excluding steroid dienone is 4. The van der Waals surface area contributed by atoms with Crippen molar-refractivity contribution < 1.29 is 19.8 Å². The average molecular weight is 222 g/mol. The summed E-state index contributed by atoms with van der Waals surface area (Å²) in [5, 5.41) is 30.4. The van der Waals surface area contributed by atoms with Crippen LogP contribution in [0, 0.1) is 5.92 Å². The molecular formula is C8H6N4O4. The van der Waals surface area contributed by atoms with Crippen molar-refractivity contribution in [2.45, 2.75) is 0 Å². The van der Waals surface area contributed by atoms with E-state index in [1.807, 2.05) is 0 Å². The summed E-state index contributed by atoms with van der Waals surface area (Å²) in [4.78, 5) is 23.1. The molecule has 1 heterocycles. The normalized spacial score (nSPS) is 20.2. The SMILES string of the molecule is O=C1C(O)=CC=C(O)C1C(=O)c1nnn[nH]1. The summed E-state index contributed by atoms with van der Waals surface area (Å²) in [6.07, 6.45) is 2.09. The van der Waals surface area contributed by atoms with E-state index in [1.165, 1.54) is 0 Å². The highest BCUT2D eigenvalue weighted by Crippen LogP contribution is 2.21. The number of aliphatic hydroxyl groups is 2. The molecule has 0 aliphatic heterocycles. The van der Waals surface area contributed by atoms with Crippen LogP contribution in [0.1, 0.15) is 10.6 Å². The Morgan fingerprint density at radius 2 is 2.12 bits per heavy atom. The van der Waals surface area contributed by atoms with Crippen LogP contribution in [0.15, 0.2) is 23.7 Å². The van der Waals surface area contributed by atoms with E-state index >= 15 is 0 Å². The molecule has 0 saturated carbocycles.